The van der Waals surface area contributed by atoms with E-state index < -0.39 is 0 Å². The molecule has 1 fully saturated rings. The Hall–Kier alpha value is -0.910. The molecule has 1 N–H and O–H groups in total. The lowest BCUT2D eigenvalue weighted by Crippen LogP contribution is -2.44. The molecule has 2 rings (SSSR count). The zero-order chi connectivity index (χ0) is 13.1. The van der Waals surface area contributed by atoms with Gasteiger partial charge in [0.05, 0.1) is 13.2 Å². The predicted molar refractivity (Wildman–Crippen MR) is 71.4 cm³/mol. The smallest absolute Gasteiger partial charge is 0.124 e. The molecule has 0 atom stereocenters. The van der Waals surface area contributed by atoms with Crippen molar-refractivity contribution < 1.29 is 9.26 Å². The molecule has 0 spiro atoms. The number of aromatic nitrogens is 1. The van der Waals surface area contributed by atoms with Gasteiger partial charge in [-0.1, -0.05) is 25.4 Å². The first-order chi connectivity index (χ1) is 8.86. The van der Waals surface area contributed by atoms with E-state index in [4.69, 9.17) is 9.26 Å². The highest BCUT2D eigenvalue weighted by Crippen LogP contribution is 1.97. The maximum absolute atomic E-state index is 5.50. The van der Waals surface area contributed by atoms with Crippen LogP contribution in [0.15, 0.2) is 16.9 Å². The fourth-order valence-electron chi connectivity index (χ4n) is 1.62. The highest BCUT2D eigenvalue weighted by molar-refractivity contribution is 4.92. The fourth-order valence-corrected chi connectivity index (χ4v) is 1.62. The summed E-state index contributed by atoms with van der Waals surface area (Å²) in [5.41, 5.74) is 0.857. The molecule has 0 saturated carbocycles. The minimum atomic E-state index is 0.544. The highest BCUT2D eigenvalue weighted by atomic mass is 16.5. The minimum Gasteiger partial charge on any atom is -0.374 e. The van der Waals surface area contributed by atoms with Gasteiger partial charge in [-0.3, -0.25) is 4.90 Å². The summed E-state index contributed by atoms with van der Waals surface area (Å²) in [5, 5.41) is 7.10. The summed E-state index contributed by atoms with van der Waals surface area (Å²) >= 11 is 0. The summed E-state index contributed by atoms with van der Waals surface area (Å²) in [5.74, 6) is 0. The topological polar surface area (TPSA) is 50.5 Å². The van der Waals surface area contributed by atoms with Crippen molar-refractivity contribution in [3.8, 4) is 0 Å². The Labute approximate surface area is 109 Å². The van der Waals surface area contributed by atoms with E-state index in [1.807, 2.05) is 6.07 Å². The quantitative estimate of drug-likeness (QED) is 0.808. The lowest BCUT2D eigenvalue weighted by atomic mass is 10.3. The molecule has 0 aliphatic carbocycles. The van der Waals surface area contributed by atoms with Crippen LogP contribution < -0.4 is 5.32 Å². The molecule has 0 bridgehead atoms. The fraction of sp³-hybridized carbons (Fsp3) is 0.769. The Morgan fingerprint density at radius 2 is 2.11 bits per heavy atom. The van der Waals surface area contributed by atoms with Crippen molar-refractivity contribution in [3.05, 3.63) is 18.0 Å². The summed E-state index contributed by atoms with van der Waals surface area (Å²) in [4.78, 5) is 2.40. The third kappa shape index (κ3) is 6.74. The van der Waals surface area contributed by atoms with Crippen molar-refractivity contribution >= 4 is 0 Å². The van der Waals surface area contributed by atoms with Crippen molar-refractivity contribution in [2.24, 2.45) is 0 Å². The van der Waals surface area contributed by atoms with Crippen molar-refractivity contribution in [3.63, 3.8) is 0 Å². The molecule has 1 aliphatic rings. The third-order valence-corrected chi connectivity index (χ3v) is 2.50. The van der Waals surface area contributed by atoms with Gasteiger partial charge in [0.25, 0.3) is 0 Å². The van der Waals surface area contributed by atoms with Crippen LogP contribution in [0.1, 0.15) is 26.0 Å². The third-order valence-electron chi connectivity index (χ3n) is 2.50. The monoisotopic (exact) mass is 255 g/mol. The van der Waals surface area contributed by atoms with Gasteiger partial charge in [-0.25, -0.2) is 0 Å². The standard InChI is InChI=1S/C10H17N3O2.C3H8/c1-7-15-12-10(1)9-14-8-6-13-4-2-11-3-5-13;1-3-2/h1,7,11H,2-6,8-9H2;3H2,1-2H3. The Morgan fingerprint density at radius 3 is 2.72 bits per heavy atom. The maximum Gasteiger partial charge on any atom is 0.124 e. The summed E-state index contributed by atoms with van der Waals surface area (Å²) < 4.78 is 10.2. The second-order valence-corrected chi connectivity index (χ2v) is 4.34. The van der Waals surface area contributed by atoms with E-state index in [1.54, 1.807) is 6.26 Å². The van der Waals surface area contributed by atoms with Crippen LogP contribution in [0.4, 0.5) is 0 Å². The van der Waals surface area contributed by atoms with E-state index in [-0.39, 0.29) is 0 Å². The largest absolute Gasteiger partial charge is 0.374 e. The van der Waals surface area contributed by atoms with Gasteiger partial charge in [0.2, 0.25) is 0 Å². The van der Waals surface area contributed by atoms with Crippen LogP contribution in [-0.2, 0) is 11.3 Å². The average molecular weight is 255 g/mol. The molecule has 18 heavy (non-hydrogen) atoms. The number of nitrogens with zero attached hydrogens (tertiary/aromatic N) is 2. The Bertz CT molecular complexity index is 272. The van der Waals surface area contributed by atoms with E-state index in [0.29, 0.717) is 6.61 Å². The zero-order valence-corrected chi connectivity index (χ0v) is 11.5. The van der Waals surface area contributed by atoms with Crippen molar-refractivity contribution in [1.82, 2.24) is 15.4 Å². The van der Waals surface area contributed by atoms with Gasteiger partial charge in [0.15, 0.2) is 0 Å². The molecule has 1 saturated heterocycles. The molecule has 1 aromatic rings. The molecule has 5 nitrogen and oxygen atoms in total. The van der Waals surface area contributed by atoms with Crippen LogP contribution in [0.3, 0.4) is 0 Å². The second-order valence-electron chi connectivity index (χ2n) is 4.34. The van der Waals surface area contributed by atoms with E-state index in [9.17, 15) is 0 Å². The van der Waals surface area contributed by atoms with Crippen LogP contribution in [0, 0.1) is 0 Å². The van der Waals surface area contributed by atoms with Gasteiger partial charge < -0.3 is 14.6 Å². The molecule has 0 aromatic carbocycles. The number of hydrogen-bond donors (Lipinski definition) is 1. The first kappa shape index (κ1) is 15.1. The second kappa shape index (κ2) is 10.1. The molecule has 1 aliphatic heterocycles. The van der Waals surface area contributed by atoms with Gasteiger partial charge in [-0.2, -0.15) is 0 Å². The minimum absolute atomic E-state index is 0.544. The molecule has 0 radical (unpaired) electrons. The highest BCUT2D eigenvalue weighted by Gasteiger charge is 2.08. The van der Waals surface area contributed by atoms with Gasteiger partial charge in [0, 0.05) is 38.8 Å². The van der Waals surface area contributed by atoms with Crippen molar-refractivity contribution in [2.75, 3.05) is 39.3 Å². The maximum atomic E-state index is 5.50. The van der Waals surface area contributed by atoms with E-state index in [1.165, 1.54) is 6.42 Å². The van der Waals surface area contributed by atoms with Gasteiger partial charge in [0.1, 0.15) is 12.0 Å². The Kier molecular flexibility index (Phi) is 8.46. The van der Waals surface area contributed by atoms with Crippen LogP contribution in [-0.4, -0.2) is 49.4 Å². The number of nitrogens with one attached hydrogen (secondary N) is 1. The van der Waals surface area contributed by atoms with Crippen LogP contribution in [0.25, 0.3) is 0 Å². The molecule has 0 unspecified atom stereocenters. The van der Waals surface area contributed by atoms with Gasteiger partial charge in [-0.15, -0.1) is 0 Å². The van der Waals surface area contributed by atoms with Crippen LogP contribution in [0.5, 0.6) is 0 Å². The lowest BCUT2D eigenvalue weighted by molar-refractivity contribution is 0.0852. The van der Waals surface area contributed by atoms with Crippen LogP contribution in [0.2, 0.25) is 0 Å². The predicted octanol–water partition coefficient (Wildman–Crippen LogP) is 1.51. The summed E-state index contributed by atoms with van der Waals surface area (Å²) in [7, 11) is 0. The van der Waals surface area contributed by atoms with Crippen LogP contribution >= 0.6 is 0 Å². The number of hydrogen-bond acceptors (Lipinski definition) is 5. The van der Waals surface area contributed by atoms with Gasteiger partial charge in [-0.05, 0) is 0 Å². The molecule has 2 heterocycles. The summed E-state index contributed by atoms with van der Waals surface area (Å²) in [6.07, 6.45) is 2.81. The molecule has 0 amide bonds. The molecule has 104 valence electrons. The first-order valence-corrected chi connectivity index (χ1v) is 6.76. The first-order valence-electron chi connectivity index (χ1n) is 6.76. The van der Waals surface area contributed by atoms with E-state index >= 15 is 0 Å². The zero-order valence-electron chi connectivity index (χ0n) is 11.5. The van der Waals surface area contributed by atoms with E-state index in [2.05, 4.69) is 29.2 Å². The molecular weight excluding hydrogens is 230 g/mol. The number of rotatable bonds is 5. The number of piperazine rings is 1. The lowest BCUT2D eigenvalue weighted by Gasteiger charge is -2.26. The molecule has 5 heteroatoms. The molecule has 1 aromatic heterocycles. The Morgan fingerprint density at radius 1 is 1.39 bits per heavy atom. The average Bonchev–Trinajstić information content (AvgIpc) is 2.90. The van der Waals surface area contributed by atoms with Crippen molar-refractivity contribution in [1.29, 1.82) is 0 Å². The van der Waals surface area contributed by atoms with Crippen molar-refractivity contribution in [2.45, 2.75) is 26.9 Å². The summed E-state index contributed by atoms with van der Waals surface area (Å²) in [6, 6.07) is 1.82. The summed E-state index contributed by atoms with van der Waals surface area (Å²) in [6.45, 7) is 11.0. The van der Waals surface area contributed by atoms with E-state index in [0.717, 1.165) is 45.0 Å². The van der Waals surface area contributed by atoms with Gasteiger partial charge >= 0.3 is 0 Å². The number of ether oxygens (including phenoxy) is 1. The SMILES string of the molecule is CCC.c1cc(COCCN2CCNCC2)no1. The normalized spacial score (nSPS) is 16.1. The Balaban J connectivity index is 0.000000492. The molecular formula is C13H25N3O2.